The number of sulfonamides is 1. The minimum absolute atomic E-state index is 0.0704. The summed E-state index contributed by atoms with van der Waals surface area (Å²) in [6.07, 6.45) is 1.42. The molecule has 0 bridgehead atoms. The fraction of sp³-hybridized carbons (Fsp3) is 0.889. The highest BCUT2D eigenvalue weighted by atomic mass is 32.2. The van der Waals surface area contributed by atoms with Gasteiger partial charge >= 0.3 is 0 Å². The molecule has 1 aliphatic rings. The van der Waals surface area contributed by atoms with E-state index in [9.17, 15) is 13.2 Å². The van der Waals surface area contributed by atoms with Gasteiger partial charge in [-0.05, 0) is 6.42 Å². The van der Waals surface area contributed by atoms with E-state index in [1.807, 2.05) is 6.92 Å². The second-order valence-corrected chi connectivity index (χ2v) is 5.93. The lowest BCUT2D eigenvalue weighted by Gasteiger charge is -2.25. The number of amides is 1. The largest absolute Gasteiger partial charge is 0.394 e. The molecule has 3 N–H and O–H groups in total. The van der Waals surface area contributed by atoms with Crippen LogP contribution in [0, 0.1) is 0 Å². The van der Waals surface area contributed by atoms with Crippen LogP contribution in [0.15, 0.2) is 0 Å². The van der Waals surface area contributed by atoms with Crippen molar-refractivity contribution in [2.24, 2.45) is 5.14 Å². The summed E-state index contributed by atoms with van der Waals surface area (Å²) in [7, 11) is -3.67. The Balaban J connectivity index is 2.74. The molecule has 2 unspecified atom stereocenters. The predicted octanol–water partition coefficient (Wildman–Crippen LogP) is -0.963. The zero-order valence-corrected chi connectivity index (χ0v) is 10.1. The van der Waals surface area contributed by atoms with Gasteiger partial charge in [0.15, 0.2) is 0 Å². The first kappa shape index (κ1) is 13.4. The molecule has 1 amide bonds. The van der Waals surface area contributed by atoms with Crippen molar-refractivity contribution in [2.45, 2.75) is 37.5 Å². The number of nitrogens with zero attached hydrogens (tertiary/aromatic N) is 1. The highest BCUT2D eigenvalue weighted by Crippen LogP contribution is 2.20. The van der Waals surface area contributed by atoms with E-state index in [0.717, 1.165) is 6.42 Å². The van der Waals surface area contributed by atoms with Gasteiger partial charge in [-0.3, -0.25) is 4.79 Å². The van der Waals surface area contributed by atoms with Crippen molar-refractivity contribution in [1.29, 1.82) is 0 Å². The van der Waals surface area contributed by atoms with E-state index in [4.69, 9.17) is 10.2 Å². The highest BCUT2D eigenvalue weighted by Gasteiger charge is 2.39. The third kappa shape index (κ3) is 2.93. The van der Waals surface area contributed by atoms with Gasteiger partial charge in [0.1, 0.15) is 5.25 Å². The highest BCUT2D eigenvalue weighted by molar-refractivity contribution is 7.89. The van der Waals surface area contributed by atoms with Crippen molar-refractivity contribution in [3.05, 3.63) is 0 Å². The molecule has 1 heterocycles. The van der Waals surface area contributed by atoms with E-state index in [0.29, 0.717) is 6.42 Å². The van der Waals surface area contributed by atoms with E-state index in [1.165, 1.54) is 4.90 Å². The molecular formula is C9H18N2O4S. The maximum absolute atomic E-state index is 11.6. The molecule has 0 radical (unpaired) electrons. The molecule has 1 saturated heterocycles. The molecule has 1 aliphatic heterocycles. The number of aliphatic hydroxyl groups excluding tert-OH is 1. The van der Waals surface area contributed by atoms with Crippen LogP contribution in [-0.2, 0) is 14.8 Å². The van der Waals surface area contributed by atoms with Gasteiger partial charge in [-0.2, -0.15) is 0 Å². The summed E-state index contributed by atoms with van der Waals surface area (Å²) < 4.78 is 22.3. The van der Waals surface area contributed by atoms with Gasteiger partial charge in [-0.15, -0.1) is 0 Å². The number of likely N-dealkylation sites (tertiary alicyclic amines) is 1. The Morgan fingerprint density at radius 3 is 2.62 bits per heavy atom. The second kappa shape index (κ2) is 5.11. The summed E-state index contributed by atoms with van der Waals surface area (Å²) in [5.74, 6) is -0.244. The number of hydrogen-bond donors (Lipinski definition) is 2. The van der Waals surface area contributed by atoms with Crippen LogP contribution in [-0.4, -0.2) is 48.8 Å². The van der Waals surface area contributed by atoms with Gasteiger partial charge in [0.2, 0.25) is 15.9 Å². The molecule has 6 nitrogen and oxygen atoms in total. The van der Waals surface area contributed by atoms with Crippen LogP contribution in [0.25, 0.3) is 0 Å². The van der Waals surface area contributed by atoms with Gasteiger partial charge in [0, 0.05) is 13.0 Å². The molecule has 7 heteroatoms. The van der Waals surface area contributed by atoms with Gasteiger partial charge in [-0.25, -0.2) is 13.6 Å². The average Bonchev–Trinajstić information content (AvgIpc) is 2.56. The molecule has 0 saturated carbocycles. The SMILES string of the molecule is CCCC(CO)N1CC(S(N)(=O)=O)CC1=O. The van der Waals surface area contributed by atoms with Crippen LogP contribution < -0.4 is 5.14 Å². The number of hydrogen-bond acceptors (Lipinski definition) is 4. The minimum atomic E-state index is -3.67. The smallest absolute Gasteiger partial charge is 0.224 e. The van der Waals surface area contributed by atoms with Gasteiger partial charge < -0.3 is 10.0 Å². The third-order valence-corrected chi connectivity index (χ3v) is 4.11. The second-order valence-electron chi connectivity index (χ2n) is 4.09. The predicted molar refractivity (Wildman–Crippen MR) is 59.0 cm³/mol. The van der Waals surface area contributed by atoms with E-state index < -0.39 is 15.3 Å². The summed E-state index contributed by atoms with van der Waals surface area (Å²) >= 11 is 0. The Bertz CT molecular complexity index is 355. The molecule has 0 aromatic heterocycles. The Hall–Kier alpha value is -0.660. The summed E-state index contributed by atoms with van der Waals surface area (Å²) in [6, 6.07) is -0.288. The van der Waals surface area contributed by atoms with E-state index >= 15 is 0 Å². The van der Waals surface area contributed by atoms with Crippen molar-refractivity contribution in [3.63, 3.8) is 0 Å². The Kier molecular flexibility index (Phi) is 4.28. The fourth-order valence-electron chi connectivity index (χ4n) is 1.95. The number of rotatable bonds is 5. The van der Waals surface area contributed by atoms with Gasteiger partial charge in [0.05, 0.1) is 12.6 Å². The normalized spacial score (nSPS) is 23.8. The van der Waals surface area contributed by atoms with Crippen LogP contribution in [0.5, 0.6) is 0 Å². The first-order chi connectivity index (χ1) is 7.40. The number of carbonyl (C=O) groups is 1. The molecule has 0 aliphatic carbocycles. The molecule has 2 atom stereocenters. The molecule has 0 spiro atoms. The first-order valence-electron chi connectivity index (χ1n) is 5.32. The molecular weight excluding hydrogens is 232 g/mol. The Labute approximate surface area is 95.5 Å². The molecule has 0 aromatic carbocycles. The van der Waals surface area contributed by atoms with E-state index in [2.05, 4.69) is 0 Å². The van der Waals surface area contributed by atoms with Crippen molar-refractivity contribution >= 4 is 15.9 Å². The number of primary sulfonamides is 1. The van der Waals surface area contributed by atoms with Crippen molar-refractivity contribution < 1.29 is 18.3 Å². The summed E-state index contributed by atoms with van der Waals surface area (Å²) in [6.45, 7) is 1.90. The lowest BCUT2D eigenvalue weighted by Crippen LogP contribution is -2.40. The molecule has 16 heavy (non-hydrogen) atoms. The van der Waals surface area contributed by atoms with Gasteiger partial charge in [0.25, 0.3) is 0 Å². The Morgan fingerprint density at radius 1 is 1.62 bits per heavy atom. The topological polar surface area (TPSA) is 101 Å². The summed E-state index contributed by atoms with van der Waals surface area (Å²) in [5, 5.41) is 13.3. The number of nitrogens with two attached hydrogens (primary N) is 1. The van der Waals surface area contributed by atoms with E-state index in [1.54, 1.807) is 0 Å². The number of aliphatic hydroxyl groups is 1. The third-order valence-electron chi connectivity index (χ3n) is 2.86. The van der Waals surface area contributed by atoms with Crippen molar-refractivity contribution in [3.8, 4) is 0 Å². The monoisotopic (exact) mass is 250 g/mol. The lowest BCUT2D eigenvalue weighted by atomic mass is 10.1. The summed E-state index contributed by atoms with van der Waals surface area (Å²) in [4.78, 5) is 13.0. The maximum Gasteiger partial charge on any atom is 0.224 e. The average molecular weight is 250 g/mol. The van der Waals surface area contributed by atoms with Crippen LogP contribution >= 0.6 is 0 Å². The molecule has 0 aromatic rings. The summed E-state index contributed by atoms with van der Waals surface area (Å²) in [5.41, 5.74) is 0. The van der Waals surface area contributed by atoms with Crippen molar-refractivity contribution in [2.75, 3.05) is 13.2 Å². The zero-order chi connectivity index (χ0) is 12.3. The fourth-order valence-corrected chi connectivity index (χ4v) is 2.69. The lowest BCUT2D eigenvalue weighted by molar-refractivity contribution is -0.130. The molecule has 1 fully saturated rings. The standard InChI is InChI=1S/C9H18N2O4S/c1-2-3-7(6-12)11-5-8(4-9(11)13)16(10,14)15/h7-8,12H,2-6H2,1H3,(H2,10,14,15). The Morgan fingerprint density at radius 2 is 2.25 bits per heavy atom. The minimum Gasteiger partial charge on any atom is -0.394 e. The van der Waals surface area contributed by atoms with Crippen molar-refractivity contribution in [1.82, 2.24) is 4.90 Å². The van der Waals surface area contributed by atoms with Crippen LogP contribution in [0.2, 0.25) is 0 Å². The van der Waals surface area contributed by atoms with Gasteiger partial charge in [-0.1, -0.05) is 13.3 Å². The first-order valence-corrected chi connectivity index (χ1v) is 6.93. The van der Waals surface area contributed by atoms with E-state index in [-0.39, 0.29) is 31.5 Å². The molecule has 94 valence electrons. The van der Waals surface area contributed by atoms with Crippen LogP contribution in [0.4, 0.5) is 0 Å². The quantitative estimate of drug-likeness (QED) is 0.656. The molecule has 1 rings (SSSR count). The van der Waals surface area contributed by atoms with Crippen LogP contribution in [0.1, 0.15) is 26.2 Å². The maximum atomic E-state index is 11.6. The number of carbonyl (C=O) groups excluding carboxylic acids is 1. The zero-order valence-electron chi connectivity index (χ0n) is 9.30. The van der Waals surface area contributed by atoms with Crippen LogP contribution in [0.3, 0.4) is 0 Å².